The van der Waals surface area contributed by atoms with Gasteiger partial charge in [-0.1, -0.05) is 11.6 Å². The molecular weight excluding hydrogens is 542 g/mol. The number of hydrogen-bond acceptors (Lipinski definition) is 7. The number of aromatic amines is 1. The van der Waals surface area contributed by atoms with Gasteiger partial charge >= 0.3 is 0 Å². The second-order valence-electron chi connectivity index (χ2n) is 10.8. The van der Waals surface area contributed by atoms with Crippen LogP contribution in [0.25, 0.3) is 0 Å². The van der Waals surface area contributed by atoms with Crippen molar-refractivity contribution in [3.8, 4) is 11.5 Å². The van der Waals surface area contributed by atoms with Crippen LogP contribution < -0.4 is 20.3 Å². The number of amides is 1. The number of carbonyl (C=O) groups is 1. The summed E-state index contributed by atoms with van der Waals surface area (Å²) in [5.74, 6) is 0.923. The number of ether oxygens (including phenoxy) is 3. The predicted octanol–water partition coefficient (Wildman–Crippen LogP) is 3.34. The minimum Gasteiger partial charge on any atom is -0.612 e. The van der Waals surface area contributed by atoms with Crippen molar-refractivity contribution in [1.82, 2.24) is 15.2 Å². The third-order valence-corrected chi connectivity index (χ3v) is 9.57. The molecule has 1 aromatic carbocycles. The van der Waals surface area contributed by atoms with Gasteiger partial charge in [-0.3, -0.25) is 14.5 Å². The Morgan fingerprint density at radius 1 is 1.23 bits per heavy atom. The van der Waals surface area contributed by atoms with Crippen molar-refractivity contribution < 1.29 is 23.6 Å². The Balaban J connectivity index is 1.26. The molecule has 1 saturated heterocycles. The lowest BCUT2D eigenvalue weighted by Crippen LogP contribution is -2.57. The van der Waals surface area contributed by atoms with Crippen molar-refractivity contribution in [2.45, 2.75) is 69.2 Å². The molecule has 0 spiro atoms. The number of hydrogen-bond donors (Lipinski definition) is 2. The smallest absolute Gasteiger partial charge is 0.258 e. The molecule has 212 valence electrons. The van der Waals surface area contributed by atoms with Crippen LogP contribution in [0.15, 0.2) is 21.8 Å². The summed E-state index contributed by atoms with van der Waals surface area (Å²) in [6, 6.07) is 3.83. The molecule has 0 bridgehead atoms. The van der Waals surface area contributed by atoms with Gasteiger partial charge in [0, 0.05) is 49.1 Å². The van der Waals surface area contributed by atoms with E-state index in [1.807, 2.05) is 6.92 Å². The summed E-state index contributed by atoms with van der Waals surface area (Å²) < 4.78 is 30.2. The van der Waals surface area contributed by atoms with E-state index in [4.69, 9.17) is 25.8 Å². The summed E-state index contributed by atoms with van der Waals surface area (Å²) in [5.41, 5.74) is 1.48. The van der Waals surface area contributed by atoms with E-state index in [9.17, 15) is 14.1 Å². The summed E-state index contributed by atoms with van der Waals surface area (Å²) in [4.78, 5) is 31.4. The van der Waals surface area contributed by atoms with Crippen LogP contribution >= 0.6 is 11.6 Å². The van der Waals surface area contributed by atoms with Crippen molar-refractivity contribution in [3.05, 3.63) is 49.9 Å². The SMILES string of the molecule is COC1CN([C@H]2CC[C@@H]([C@H]3COc4c(Cl)cc(C(=O)NCc5c([S+](C)[O-])cc(C)[nH]c5=O)c(C)c4O3)CC2)C1. The first-order chi connectivity index (χ1) is 18.7. The molecule has 2 aliphatic heterocycles. The van der Waals surface area contributed by atoms with Gasteiger partial charge in [0.2, 0.25) is 0 Å². The van der Waals surface area contributed by atoms with Crippen LogP contribution in [-0.2, 0) is 22.5 Å². The zero-order valence-corrected chi connectivity index (χ0v) is 24.4. The highest BCUT2D eigenvalue weighted by molar-refractivity contribution is 7.90. The van der Waals surface area contributed by atoms with Gasteiger partial charge in [0.25, 0.3) is 11.5 Å². The summed E-state index contributed by atoms with van der Waals surface area (Å²) in [6.07, 6.45) is 6.13. The number of fused-ring (bicyclic) bond motifs is 1. The monoisotopic (exact) mass is 577 g/mol. The standard InChI is InChI=1S/C28H36ClN3O6S/c1-15-9-24(39(4)35)21(28(34)31-15)11-30-27(33)20-10-22(29)26-25(16(20)2)38-23(14-37-26)17-5-7-18(8-6-17)32-12-19(13-32)36-3/h9-10,17-19,23H,5-8,11-14H2,1-4H3,(H,30,33)(H,31,34)/t17-,18+,23-,39?/m1/s1. The zero-order valence-electron chi connectivity index (χ0n) is 22.8. The van der Waals surface area contributed by atoms with Gasteiger partial charge in [0.15, 0.2) is 16.4 Å². The number of likely N-dealkylation sites (tertiary alicyclic amines) is 1. The van der Waals surface area contributed by atoms with E-state index in [2.05, 4.69) is 15.2 Å². The molecule has 2 atom stereocenters. The topological polar surface area (TPSA) is 116 Å². The van der Waals surface area contributed by atoms with E-state index in [0.29, 0.717) is 62.9 Å². The molecule has 1 unspecified atom stereocenters. The Morgan fingerprint density at radius 3 is 2.62 bits per heavy atom. The van der Waals surface area contributed by atoms with Crippen LogP contribution in [-0.4, -0.2) is 71.7 Å². The number of nitrogens with one attached hydrogen (secondary N) is 2. The minimum atomic E-state index is -1.38. The lowest BCUT2D eigenvalue weighted by atomic mass is 9.81. The number of rotatable bonds is 7. The molecule has 3 heterocycles. The number of methoxy groups -OCH3 is 1. The summed E-state index contributed by atoms with van der Waals surface area (Å²) in [5, 5.41) is 3.09. The van der Waals surface area contributed by atoms with Crippen LogP contribution in [0.4, 0.5) is 0 Å². The fourth-order valence-corrected chi connectivity index (χ4v) is 7.03. The Kier molecular flexibility index (Phi) is 8.49. The summed E-state index contributed by atoms with van der Waals surface area (Å²) >= 11 is 5.15. The van der Waals surface area contributed by atoms with Crippen LogP contribution in [0.1, 0.15) is 52.9 Å². The molecule has 0 radical (unpaired) electrons. The van der Waals surface area contributed by atoms with E-state index in [0.717, 1.165) is 38.8 Å². The number of pyridine rings is 1. The predicted molar refractivity (Wildman–Crippen MR) is 150 cm³/mol. The molecule has 1 saturated carbocycles. The zero-order chi connectivity index (χ0) is 27.8. The number of aromatic nitrogens is 1. The van der Waals surface area contributed by atoms with Gasteiger partial charge in [0.05, 0.1) is 23.2 Å². The third-order valence-electron chi connectivity index (χ3n) is 8.30. The van der Waals surface area contributed by atoms with E-state index in [1.54, 1.807) is 26.2 Å². The average Bonchev–Trinajstić information content (AvgIpc) is 2.89. The van der Waals surface area contributed by atoms with Gasteiger partial charge in [-0.25, -0.2) is 0 Å². The molecule has 39 heavy (non-hydrogen) atoms. The molecule has 2 fully saturated rings. The fraction of sp³-hybridized carbons (Fsp3) is 0.571. The largest absolute Gasteiger partial charge is 0.612 e. The normalized spacial score (nSPS) is 24.2. The van der Waals surface area contributed by atoms with Gasteiger partial charge < -0.3 is 29.1 Å². The van der Waals surface area contributed by atoms with E-state index >= 15 is 0 Å². The van der Waals surface area contributed by atoms with Gasteiger partial charge in [-0.2, -0.15) is 0 Å². The van der Waals surface area contributed by atoms with Gasteiger partial charge in [0.1, 0.15) is 19.0 Å². The maximum atomic E-state index is 13.2. The molecule has 1 aromatic heterocycles. The quantitative estimate of drug-likeness (QED) is 0.485. The number of benzene rings is 1. The number of carbonyl (C=O) groups excluding carboxylic acids is 1. The Labute approximate surface area is 236 Å². The van der Waals surface area contributed by atoms with Crippen LogP contribution in [0.5, 0.6) is 11.5 Å². The number of aryl methyl sites for hydroxylation is 1. The Bertz CT molecular complexity index is 1290. The summed E-state index contributed by atoms with van der Waals surface area (Å²) in [6.45, 7) is 5.93. The number of H-pyrrole nitrogens is 1. The maximum absolute atomic E-state index is 13.2. The highest BCUT2D eigenvalue weighted by Crippen LogP contribution is 2.45. The first-order valence-electron chi connectivity index (χ1n) is 13.4. The van der Waals surface area contributed by atoms with Crippen LogP contribution in [0, 0.1) is 19.8 Å². The second kappa shape index (κ2) is 11.7. The number of nitrogens with zero attached hydrogens (tertiary/aromatic N) is 1. The molecular formula is C28H36ClN3O6S. The maximum Gasteiger partial charge on any atom is 0.258 e. The molecule has 2 N–H and O–H groups in total. The van der Waals surface area contributed by atoms with Crippen molar-refractivity contribution in [2.75, 3.05) is 33.1 Å². The molecule has 2 aromatic rings. The fourth-order valence-electron chi connectivity index (χ4n) is 5.93. The molecule has 11 heteroatoms. The molecule has 3 aliphatic rings. The van der Waals surface area contributed by atoms with E-state index in [-0.39, 0.29) is 23.8 Å². The Morgan fingerprint density at radius 2 is 1.95 bits per heavy atom. The van der Waals surface area contributed by atoms with Crippen LogP contribution in [0.2, 0.25) is 5.02 Å². The van der Waals surface area contributed by atoms with Gasteiger partial charge in [-0.05, 0) is 62.7 Å². The van der Waals surface area contributed by atoms with Crippen molar-refractivity contribution in [1.29, 1.82) is 0 Å². The Hall–Kier alpha value is -2.24. The lowest BCUT2D eigenvalue weighted by molar-refractivity contribution is -0.0649. The van der Waals surface area contributed by atoms with Crippen LogP contribution in [0.3, 0.4) is 0 Å². The number of halogens is 1. The molecule has 5 rings (SSSR count). The van der Waals surface area contributed by atoms with Crippen molar-refractivity contribution in [3.63, 3.8) is 0 Å². The average molecular weight is 578 g/mol. The van der Waals surface area contributed by atoms with Crippen molar-refractivity contribution in [2.24, 2.45) is 5.92 Å². The lowest BCUT2D eigenvalue weighted by Gasteiger charge is -2.46. The molecule has 1 amide bonds. The minimum absolute atomic E-state index is 0.0666. The second-order valence-corrected chi connectivity index (χ2v) is 12.6. The van der Waals surface area contributed by atoms with E-state index in [1.165, 1.54) is 6.26 Å². The highest BCUT2D eigenvalue weighted by atomic mass is 35.5. The molecule has 9 nitrogen and oxygen atoms in total. The first kappa shape index (κ1) is 28.3. The van der Waals surface area contributed by atoms with Gasteiger partial charge in [-0.15, -0.1) is 0 Å². The first-order valence-corrected chi connectivity index (χ1v) is 15.3. The highest BCUT2D eigenvalue weighted by Gasteiger charge is 2.39. The molecule has 1 aliphatic carbocycles. The van der Waals surface area contributed by atoms with Crippen molar-refractivity contribution >= 4 is 28.7 Å². The third kappa shape index (κ3) is 5.81. The summed E-state index contributed by atoms with van der Waals surface area (Å²) in [7, 11) is 1.77. The van der Waals surface area contributed by atoms with E-state index < -0.39 is 17.1 Å².